The smallest absolute Gasteiger partial charge is 0.189 e. The van der Waals surface area contributed by atoms with E-state index in [-0.39, 0.29) is 10.8 Å². The number of nitrogens with zero attached hydrogens (tertiary/aromatic N) is 5. The van der Waals surface area contributed by atoms with Crippen molar-refractivity contribution in [1.82, 2.24) is 9.55 Å². The lowest BCUT2D eigenvalue weighted by molar-refractivity contribution is 0.479. The van der Waals surface area contributed by atoms with Gasteiger partial charge in [-0.05, 0) is 106 Å². The minimum Gasteiger partial charge on any atom is -0.457 e. The molecule has 0 saturated carbocycles. The zero-order chi connectivity index (χ0) is 39.5. The summed E-state index contributed by atoms with van der Waals surface area (Å²) in [6.07, 6.45) is 1.91. The van der Waals surface area contributed by atoms with Crippen molar-refractivity contribution < 1.29 is 4.74 Å². The molecule has 0 spiro atoms. The monoisotopic (exact) mass is 743 g/mol. The van der Waals surface area contributed by atoms with E-state index in [2.05, 4.69) is 176 Å². The van der Waals surface area contributed by atoms with Crippen LogP contribution in [0.2, 0.25) is 0 Å². The molecule has 0 aliphatic carbocycles. The summed E-state index contributed by atoms with van der Waals surface area (Å²) in [5.41, 5.74) is 11.3. The molecule has 1 aliphatic heterocycles. The van der Waals surface area contributed by atoms with E-state index < -0.39 is 0 Å². The molecule has 0 radical (unpaired) electrons. The lowest BCUT2D eigenvalue weighted by Crippen LogP contribution is -2.24. The third kappa shape index (κ3) is 6.66. The number of aromatic nitrogens is 2. The van der Waals surface area contributed by atoms with Gasteiger partial charge in [-0.1, -0.05) is 102 Å². The van der Waals surface area contributed by atoms with Crippen molar-refractivity contribution in [2.45, 2.75) is 52.4 Å². The zero-order valence-electron chi connectivity index (χ0n) is 33.3. The zero-order valence-corrected chi connectivity index (χ0v) is 33.3. The lowest BCUT2D eigenvalue weighted by atomic mass is 9.86. The number of ether oxygens (including phenoxy) is 1. The predicted octanol–water partition coefficient (Wildman–Crippen LogP) is 14.0. The van der Waals surface area contributed by atoms with E-state index in [1.807, 2.05) is 36.5 Å². The van der Waals surface area contributed by atoms with E-state index in [1.54, 1.807) is 0 Å². The maximum Gasteiger partial charge on any atom is 0.189 e. The Kier molecular flexibility index (Phi) is 8.63. The van der Waals surface area contributed by atoms with Crippen LogP contribution in [0.1, 0.15) is 52.7 Å². The summed E-state index contributed by atoms with van der Waals surface area (Å²) in [6.45, 7) is 21.9. The first kappa shape index (κ1) is 35.8. The number of para-hydroxylation sites is 3. The molecule has 8 aromatic rings. The van der Waals surface area contributed by atoms with Gasteiger partial charge in [0.2, 0.25) is 0 Å². The molecule has 280 valence electrons. The van der Waals surface area contributed by atoms with E-state index in [9.17, 15) is 0 Å². The number of anilines is 4. The number of hydrogen-bond acceptors (Lipinski definition) is 4. The fourth-order valence-corrected chi connectivity index (χ4v) is 7.90. The van der Waals surface area contributed by atoms with Crippen LogP contribution >= 0.6 is 0 Å². The maximum absolute atomic E-state index is 7.92. The van der Waals surface area contributed by atoms with Gasteiger partial charge in [-0.15, -0.1) is 0 Å². The third-order valence-electron chi connectivity index (χ3n) is 11.0. The van der Waals surface area contributed by atoms with E-state index in [1.165, 1.54) is 16.5 Å². The Labute approximate surface area is 335 Å². The van der Waals surface area contributed by atoms with Crippen LogP contribution in [-0.2, 0) is 10.8 Å². The normalized spacial score (nSPS) is 12.9. The van der Waals surface area contributed by atoms with Crippen molar-refractivity contribution in [2.75, 3.05) is 16.5 Å². The molecule has 0 saturated heterocycles. The summed E-state index contributed by atoms with van der Waals surface area (Å²) < 4.78 is 9.13. The molecule has 0 amide bonds. The standard InChI is InChI=1S/C51H45N5O/c1-50(2,3)36-23-24-53-49(29-36)56-45-18-12-11-17-43(45)44-22-21-41(32-48(44)56)57-42-28-37(51(4,5)6)27-40(31-42)55-33-54(46-19-13-14-20-47(46)55)39-26-35(25-38(30-39)52-7)34-15-9-8-10-16-34/h8-32H,33H2,1-6H3. The molecule has 9 rings (SSSR count). The van der Waals surface area contributed by atoms with Gasteiger partial charge in [-0.3, -0.25) is 4.57 Å². The van der Waals surface area contributed by atoms with Crippen molar-refractivity contribution in [3.05, 3.63) is 174 Å². The number of benzene rings is 6. The third-order valence-corrected chi connectivity index (χ3v) is 11.0. The predicted molar refractivity (Wildman–Crippen MR) is 236 cm³/mol. The number of pyridine rings is 1. The average Bonchev–Trinajstić information content (AvgIpc) is 3.76. The van der Waals surface area contributed by atoms with Gasteiger partial charge in [0.05, 0.1) is 29.0 Å². The first-order valence-corrected chi connectivity index (χ1v) is 19.5. The second kappa shape index (κ2) is 13.7. The van der Waals surface area contributed by atoms with Crippen molar-refractivity contribution >= 4 is 50.2 Å². The van der Waals surface area contributed by atoms with Crippen LogP contribution in [0, 0.1) is 6.57 Å². The van der Waals surface area contributed by atoms with Crippen molar-refractivity contribution in [1.29, 1.82) is 0 Å². The second-order valence-electron chi connectivity index (χ2n) is 17.0. The fraction of sp³-hybridized carbons (Fsp3) is 0.176. The molecule has 6 heteroatoms. The Hall–Kier alpha value is -6.84. The number of fused-ring (bicyclic) bond motifs is 4. The molecular formula is C51H45N5O. The molecular weight excluding hydrogens is 699 g/mol. The second-order valence-corrected chi connectivity index (χ2v) is 17.0. The van der Waals surface area contributed by atoms with Gasteiger partial charge in [-0.25, -0.2) is 9.83 Å². The molecule has 57 heavy (non-hydrogen) atoms. The summed E-state index contributed by atoms with van der Waals surface area (Å²) >= 11 is 0. The van der Waals surface area contributed by atoms with E-state index in [0.29, 0.717) is 12.4 Å². The largest absolute Gasteiger partial charge is 0.457 e. The summed E-state index contributed by atoms with van der Waals surface area (Å²) in [7, 11) is 0. The number of hydrogen-bond donors (Lipinski definition) is 0. The first-order valence-electron chi connectivity index (χ1n) is 19.5. The van der Waals surface area contributed by atoms with Gasteiger partial charge in [0.15, 0.2) is 5.69 Å². The lowest BCUT2D eigenvalue weighted by Gasteiger charge is -2.26. The Morgan fingerprint density at radius 1 is 0.561 bits per heavy atom. The van der Waals surface area contributed by atoms with E-state index >= 15 is 0 Å². The Morgan fingerprint density at radius 3 is 1.95 bits per heavy atom. The fourth-order valence-electron chi connectivity index (χ4n) is 7.90. The molecule has 0 atom stereocenters. The number of rotatable bonds is 6. The summed E-state index contributed by atoms with van der Waals surface area (Å²) in [5, 5.41) is 2.32. The quantitative estimate of drug-likeness (QED) is 0.159. The highest BCUT2D eigenvalue weighted by Crippen LogP contribution is 2.47. The molecule has 1 aliphatic rings. The molecule has 0 unspecified atom stereocenters. The van der Waals surface area contributed by atoms with Crippen LogP contribution in [0.25, 0.3) is 43.6 Å². The molecule has 0 fully saturated rings. The highest BCUT2D eigenvalue weighted by atomic mass is 16.5. The molecule has 0 bridgehead atoms. The summed E-state index contributed by atoms with van der Waals surface area (Å²) in [6, 6.07) is 50.8. The SMILES string of the molecule is [C-]#[N+]c1cc(-c2ccccc2)cc(N2CN(c3cc(Oc4ccc5c6ccccc6n(-c6cc(C(C)(C)C)ccn6)c5c4)cc(C(C)(C)C)c3)c3ccccc32)c1. The highest BCUT2D eigenvalue weighted by Gasteiger charge is 2.30. The molecule has 0 N–H and O–H groups in total. The van der Waals surface area contributed by atoms with Crippen LogP contribution in [0.5, 0.6) is 11.5 Å². The van der Waals surface area contributed by atoms with Gasteiger partial charge >= 0.3 is 0 Å². The molecule has 2 aromatic heterocycles. The Bertz CT molecular complexity index is 2850. The van der Waals surface area contributed by atoms with Crippen molar-refractivity contribution in [3.63, 3.8) is 0 Å². The van der Waals surface area contributed by atoms with Crippen LogP contribution < -0.4 is 14.5 Å². The molecule has 6 nitrogen and oxygen atoms in total. The topological polar surface area (TPSA) is 37.9 Å². The van der Waals surface area contributed by atoms with Gasteiger partial charge < -0.3 is 14.5 Å². The average molecular weight is 744 g/mol. The van der Waals surface area contributed by atoms with Gasteiger partial charge in [0.1, 0.15) is 24.0 Å². The Morgan fingerprint density at radius 2 is 1.23 bits per heavy atom. The summed E-state index contributed by atoms with van der Waals surface area (Å²) in [5.74, 6) is 2.41. The maximum atomic E-state index is 7.92. The summed E-state index contributed by atoms with van der Waals surface area (Å²) in [4.78, 5) is 13.4. The molecule has 6 aromatic carbocycles. The Balaban J connectivity index is 1.13. The van der Waals surface area contributed by atoms with Crippen LogP contribution in [-0.4, -0.2) is 16.2 Å². The van der Waals surface area contributed by atoms with Crippen LogP contribution in [0.4, 0.5) is 28.4 Å². The van der Waals surface area contributed by atoms with Crippen molar-refractivity contribution in [3.8, 4) is 28.4 Å². The van der Waals surface area contributed by atoms with Crippen LogP contribution in [0.15, 0.2) is 152 Å². The minimum absolute atomic E-state index is 0.0136. The van der Waals surface area contributed by atoms with Gasteiger partial charge in [0.25, 0.3) is 0 Å². The van der Waals surface area contributed by atoms with E-state index in [4.69, 9.17) is 16.3 Å². The molecule has 3 heterocycles. The highest BCUT2D eigenvalue weighted by molar-refractivity contribution is 6.09. The van der Waals surface area contributed by atoms with E-state index in [0.717, 1.165) is 67.6 Å². The van der Waals surface area contributed by atoms with Crippen molar-refractivity contribution in [2.24, 2.45) is 0 Å². The first-order chi connectivity index (χ1) is 27.4. The van der Waals surface area contributed by atoms with Gasteiger partial charge in [-0.2, -0.15) is 0 Å². The minimum atomic E-state index is -0.137. The van der Waals surface area contributed by atoms with Crippen LogP contribution in [0.3, 0.4) is 0 Å². The van der Waals surface area contributed by atoms with Gasteiger partial charge in [0, 0.05) is 40.5 Å².